The van der Waals surface area contributed by atoms with Crippen LogP contribution in [0.4, 0.5) is 5.69 Å². The molecule has 2 N–H and O–H groups in total. The van der Waals surface area contributed by atoms with Crippen LogP contribution in [0.5, 0.6) is 0 Å². The van der Waals surface area contributed by atoms with Gasteiger partial charge in [0.1, 0.15) is 10.4 Å². The lowest BCUT2D eigenvalue weighted by atomic mass is 10.3. The van der Waals surface area contributed by atoms with E-state index in [1.807, 2.05) is 11.4 Å². The van der Waals surface area contributed by atoms with Crippen LogP contribution in [0.25, 0.3) is 21.9 Å². The van der Waals surface area contributed by atoms with Crippen molar-refractivity contribution in [2.75, 3.05) is 5.73 Å². The van der Waals surface area contributed by atoms with Gasteiger partial charge in [0.15, 0.2) is 5.58 Å². The molecule has 0 aliphatic carbocycles. The van der Waals surface area contributed by atoms with Gasteiger partial charge < -0.3 is 10.2 Å². The van der Waals surface area contributed by atoms with Gasteiger partial charge in [-0.15, -0.1) is 11.3 Å². The molecule has 17 heavy (non-hydrogen) atoms. The van der Waals surface area contributed by atoms with Gasteiger partial charge in [-0.25, -0.2) is 4.98 Å². The second kappa shape index (κ2) is 4.01. The van der Waals surface area contributed by atoms with Crippen LogP contribution in [0.15, 0.2) is 32.5 Å². The number of hydrogen-bond acceptors (Lipinski definition) is 4. The van der Waals surface area contributed by atoms with Crippen LogP contribution in [0.3, 0.4) is 0 Å². The molecule has 3 aromatic rings. The highest BCUT2D eigenvalue weighted by Crippen LogP contribution is 2.36. The molecule has 0 radical (unpaired) electrons. The van der Waals surface area contributed by atoms with Gasteiger partial charge in [-0.3, -0.25) is 0 Å². The molecule has 2 heterocycles. The van der Waals surface area contributed by atoms with Crippen molar-refractivity contribution in [1.82, 2.24) is 4.98 Å². The van der Waals surface area contributed by atoms with Crippen molar-refractivity contribution in [3.63, 3.8) is 0 Å². The molecule has 3 nitrogen and oxygen atoms in total. The summed E-state index contributed by atoms with van der Waals surface area (Å²) in [6.07, 6.45) is 0. The number of rotatable bonds is 1. The third-order valence-corrected chi connectivity index (χ3v) is 4.47. The van der Waals surface area contributed by atoms with Crippen molar-refractivity contribution >= 4 is 55.7 Å². The van der Waals surface area contributed by atoms with E-state index in [1.165, 1.54) is 0 Å². The molecular weight excluding hydrogens is 324 g/mol. The van der Waals surface area contributed by atoms with E-state index in [1.54, 1.807) is 23.5 Å². The van der Waals surface area contributed by atoms with Crippen LogP contribution >= 0.6 is 38.9 Å². The molecule has 0 unspecified atom stereocenters. The van der Waals surface area contributed by atoms with E-state index in [2.05, 4.69) is 20.9 Å². The Hall–Kier alpha value is -1.04. The number of nitrogens with zero attached hydrogens (tertiary/aromatic N) is 1. The number of anilines is 1. The van der Waals surface area contributed by atoms with Gasteiger partial charge in [0.25, 0.3) is 0 Å². The maximum absolute atomic E-state index is 5.94. The molecule has 0 aliphatic rings. The number of benzene rings is 1. The molecule has 0 saturated heterocycles. The Balaban J connectivity index is 2.24. The van der Waals surface area contributed by atoms with Crippen LogP contribution in [0.1, 0.15) is 0 Å². The fourth-order valence-electron chi connectivity index (χ4n) is 1.51. The summed E-state index contributed by atoms with van der Waals surface area (Å²) in [7, 11) is 0. The Labute approximate surface area is 114 Å². The van der Waals surface area contributed by atoms with Gasteiger partial charge in [0, 0.05) is 10.5 Å². The van der Waals surface area contributed by atoms with Gasteiger partial charge in [0.2, 0.25) is 5.89 Å². The minimum atomic E-state index is 0.489. The lowest BCUT2D eigenvalue weighted by molar-refractivity contribution is 0.621. The molecular formula is C11H6BrClN2OS. The lowest BCUT2D eigenvalue weighted by Gasteiger charge is -1.94. The van der Waals surface area contributed by atoms with Crippen LogP contribution in [-0.4, -0.2) is 4.98 Å². The van der Waals surface area contributed by atoms with E-state index in [0.717, 1.165) is 9.35 Å². The van der Waals surface area contributed by atoms with E-state index in [-0.39, 0.29) is 0 Å². The molecule has 0 atom stereocenters. The molecule has 0 bridgehead atoms. The molecule has 0 aliphatic heterocycles. The second-order valence-corrected chi connectivity index (χ2v) is 5.64. The van der Waals surface area contributed by atoms with Crippen molar-refractivity contribution in [3.05, 3.63) is 33.1 Å². The summed E-state index contributed by atoms with van der Waals surface area (Å²) in [6, 6.07) is 5.35. The molecule has 0 fully saturated rings. The summed E-state index contributed by atoms with van der Waals surface area (Å²) in [4.78, 5) is 5.35. The van der Waals surface area contributed by atoms with Crippen molar-refractivity contribution in [2.24, 2.45) is 0 Å². The van der Waals surface area contributed by atoms with Crippen LogP contribution in [0.2, 0.25) is 5.02 Å². The van der Waals surface area contributed by atoms with Crippen LogP contribution in [-0.2, 0) is 0 Å². The van der Waals surface area contributed by atoms with Crippen molar-refractivity contribution < 1.29 is 4.42 Å². The highest BCUT2D eigenvalue weighted by molar-refractivity contribution is 9.10. The smallest absolute Gasteiger partial charge is 0.238 e. The number of nitrogens with two attached hydrogens (primary N) is 1. The minimum Gasteiger partial charge on any atom is -0.435 e. The fourth-order valence-corrected chi connectivity index (χ4v) is 3.13. The summed E-state index contributed by atoms with van der Waals surface area (Å²) in [5.41, 5.74) is 7.56. The molecule has 3 rings (SSSR count). The standard InChI is InChI=1S/C11H6BrClN2OS/c12-5-1-2-17-10(5)11-15-8-3-6(13)7(14)4-9(8)16-11/h1-4H,14H2. The zero-order valence-electron chi connectivity index (χ0n) is 8.41. The summed E-state index contributed by atoms with van der Waals surface area (Å²) in [5, 5.41) is 2.46. The Morgan fingerprint density at radius 1 is 1.41 bits per heavy atom. The zero-order chi connectivity index (χ0) is 12.0. The van der Waals surface area contributed by atoms with E-state index < -0.39 is 0 Å². The first-order valence-corrected chi connectivity index (χ1v) is 6.79. The Morgan fingerprint density at radius 2 is 2.24 bits per heavy atom. The maximum Gasteiger partial charge on any atom is 0.238 e. The zero-order valence-corrected chi connectivity index (χ0v) is 11.6. The van der Waals surface area contributed by atoms with Crippen molar-refractivity contribution in [2.45, 2.75) is 0 Å². The average molecular weight is 330 g/mol. The quantitative estimate of drug-likeness (QED) is 0.666. The molecule has 0 spiro atoms. The Kier molecular flexibility index (Phi) is 2.61. The number of halogens is 2. The second-order valence-electron chi connectivity index (χ2n) is 3.46. The van der Waals surface area contributed by atoms with E-state index in [9.17, 15) is 0 Å². The Morgan fingerprint density at radius 3 is 2.94 bits per heavy atom. The molecule has 86 valence electrons. The van der Waals surface area contributed by atoms with Crippen molar-refractivity contribution in [3.8, 4) is 10.8 Å². The van der Waals surface area contributed by atoms with Gasteiger partial charge in [-0.2, -0.15) is 0 Å². The van der Waals surface area contributed by atoms with Crippen LogP contribution < -0.4 is 5.73 Å². The third-order valence-electron chi connectivity index (χ3n) is 2.32. The highest BCUT2D eigenvalue weighted by Gasteiger charge is 2.13. The third kappa shape index (κ3) is 1.84. The summed E-state index contributed by atoms with van der Waals surface area (Å²) < 4.78 is 6.63. The van der Waals surface area contributed by atoms with E-state index in [4.69, 9.17) is 21.8 Å². The van der Waals surface area contributed by atoms with Crippen molar-refractivity contribution in [1.29, 1.82) is 0 Å². The number of hydrogen-bond donors (Lipinski definition) is 1. The van der Waals surface area contributed by atoms with Gasteiger partial charge in [-0.1, -0.05) is 11.6 Å². The van der Waals surface area contributed by atoms with Gasteiger partial charge in [0.05, 0.1) is 10.7 Å². The summed E-state index contributed by atoms with van der Waals surface area (Å²) in [6.45, 7) is 0. The number of fused-ring (bicyclic) bond motifs is 1. The normalized spacial score (nSPS) is 11.2. The number of aromatic nitrogens is 1. The topological polar surface area (TPSA) is 52.0 Å². The fraction of sp³-hybridized carbons (Fsp3) is 0. The molecule has 2 aromatic heterocycles. The predicted molar refractivity (Wildman–Crippen MR) is 74.4 cm³/mol. The number of oxazole rings is 1. The predicted octanol–water partition coefficient (Wildman–Crippen LogP) is 4.55. The molecule has 0 amide bonds. The lowest BCUT2D eigenvalue weighted by Crippen LogP contribution is -1.84. The van der Waals surface area contributed by atoms with E-state index >= 15 is 0 Å². The number of thiophene rings is 1. The summed E-state index contributed by atoms with van der Waals surface area (Å²) >= 11 is 10.9. The Bertz CT molecular complexity index is 668. The molecule has 0 saturated carbocycles. The minimum absolute atomic E-state index is 0.489. The first-order valence-electron chi connectivity index (χ1n) is 4.74. The average Bonchev–Trinajstić information content (AvgIpc) is 2.85. The SMILES string of the molecule is Nc1cc2oc(-c3sccc3Br)nc2cc1Cl. The summed E-state index contributed by atoms with van der Waals surface area (Å²) in [5.74, 6) is 0.573. The van der Waals surface area contributed by atoms with Gasteiger partial charge in [-0.05, 0) is 33.4 Å². The first kappa shape index (κ1) is 11.1. The molecule has 1 aromatic carbocycles. The first-order chi connectivity index (χ1) is 8.15. The number of nitrogen functional groups attached to an aromatic ring is 1. The molecule has 6 heteroatoms. The highest BCUT2D eigenvalue weighted by atomic mass is 79.9. The van der Waals surface area contributed by atoms with Crippen LogP contribution in [0, 0.1) is 0 Å². The monoisotopic (exact) mass is 328 g/mol. The van der Waals surface area contributed by atoms with E-state index in [0.29, 0.717) is 27.7 Å². The van der Waals surface area contributed by atoms with Gasteiger partial charge >= 0.3 is 0 Å². The largest absolute Gasteiger partial charge is 0.435 e. The maximum atomic E-state index is 5.94.